The van der Waals surface area contributed by atoms with Gasteiger partial charge in [0.25, 0.3) is 5.91 Å². The van der Waals surface area contributed by atoms with E-state index >= 15 is 0 Å². The molecule has 2 aromatic rings. The van der Waals surface area contributed by atoms with E-state index in [4.69, 9.17) is 19.2 Å². The Bertz CT molecular complexity index is 925. The molecule has 0 spiro atoms. The van der Waals surface area contributed by atoms with Crippen LogP contribution in [0.25, 0.3) is 11.4 Å². The summed E-state index contributed by atoms with van der Waals surface area (Å²) in [4.78, 5) is 24.7. The number of nitrogens with zero attached hydrogens (tertiary/aromatic N) is 3. The van der Waals surface area contributed by atoms with Crippen LogP contribution in [0.1, 0.15) is 56.8 Å². The van der Waals surface area contributed by atoms with Crippen LogP contribution < -0.4 is 24.4 Å². The van der Waals surface area contributed by atoms with Gasteiger partial charge in [0.05, 0.1) is 21.3 Å². The lowest BCUT2D eigenvalue weighted by Gasteiger charge is -2.35. The second-order valence-electron chi connectivity index (χ2n) is 8.17. The maximum atomic E-state index is 13.0. The van der Waals surface area contributed by atoms with Crippen molar-refractivity contribution in [2.75, 3.05) is 32.8 Å². The van der Waals surface area contributed by atoms with Gasteiger partial charge in [-0.25, -0.2) is 9.97 Å². The number of hydrogen-bond acceptors (Lipinski definition) is 7. The number of carbonyl (C=O) groups excluding carboxylic acids is 1. The fraction of sp³-hybridized carbons (Fsp3) is 0.542. The summed E-state index contributed by atoms with van der Waals surface area (Å²) < 4.78 is 16.4. The Balaban J connectivity index is 2.11. The van der Waals surface area contributed by atoms with Gasteiger partial charge >= 0.3 is 0 Å². The molecule has 1 amide bonds. The van der Waals surface area contributed by atoms with Gasteiger partial charge < -0.3 is 24.4 Å². The number of rotatable bonds is 8. The highest BCUT2D eigenvalue weighted by molar-refractivity contribution is 5.99. The Morgan fingerprint density at radius 1 is 1.19 bits per heavy atom. The van der Waals surface area contributed by atoms with E-state index in [0.717, 1.165) is 31.4 Å². The molecule has 1 fully saturated rings. The van der Waals surface area contributed by atoms with E-state index in [2.05, 4.69) is 22.1 Å². The number of anilines is 1. The molecule has 0 saturated carbocycles. The predicted octanol–water partition coefficient (Wildman–Crippen LogP) is 4.08. The van der Waals surface area contributed by atoms with Crippen molar-refractivity contribution in [1.29, 1.82) is 0 Å². The predicted molar refractivity (Wildman–Crippen MR) is 125 cm³/mol. The van der Waals surface area contributed by atoms with E-state index in [1.54, 1.807) is 27.5 Å². The molecule has 8 heteroatoms. The lowest BCUT2D eigenvalue weighted by atomic mass is 10.0. The Hall–Kier alpha value is -3.03. The molecule has 174 valence electrons. The molecule has 8 nitrogen and oxygen atoms in total. The molecule has 0 bridgehead atoms. The highest BCUT2D eigenvalue weighted by Gasteiger charge is 2.27. The zero-order valence-corrected chi connectivity index (χ0v) is 19.9. The van der Waals surface area contributed by atoms with Crippen molar-refractivity contribution >= 4 is 11.7 Å². The van der Waals surface area contributed by atoms with Gasteiger partial charge in [-0.05, 0) is 51.7 Å². The van der Waals surface area contributed by atoms with E-state index in [0.29, 0.717) is 40.5 Å². The molecule has 1 aromatic carbocycles. The fourth-order valence-corrected chi connectivity index (χ4v) is 3.92. The van der Waals surface area contributed by atoms with Crippen LogP contribution in [-0.4, -0.2) is 55.8 Å². The van der Waals surface area contributed by atoms with Gasteiger partial charge in [0.2, 0.25) is 5.75 Å². The molecule has 2 atom stereocenters. The first-order valence-electron chi connectivity index (χ1n) is 11.2. The Morgan fingerprint density at radius 2 is 1.88 bits per heavy atom. The summed E-state index contributed by atoms with van der Waals surface area (Å²) in [5.74, 6) is 2.57. The van der Waals surface area contributed by atoms with Crippen molar-refractivity contribution < 1.29 is 19.0 Å². The number of piperidine rings is 1. The third kappa shape index (κ3) is 4.89. The minimum Gasteiger partial charge on any atom is -0.493 e. The Morgan fingerprint density at radius 3 is 2.44 bits per heavy atom. The Kier molecular flexibility index (Phi) is 7.77. The van der Waals surface area contributed by atoms with Crippen LogP contribution in [0.3, 0.4) is 0 Å². The summed E-state index contributed by atoms with van der Waals surface area (Å²) in [7, 11) is 4.72. The van der Waals surface area contributed by atoms with Gasteiger partial charge in [-0.2, -0.15) is 0 Å². The van der Waals surface area contributed by atoms with Crippen molar-refractivity contribution in [3.63, 3.8) is 0 Å². The van der Waals surface area contributed by atoms with Crippen LogP contribution >= 0.6 is 0 Å². The molecule has 1 aliphatic heterocycles. The standard InChI is InChI=1S/C24H34N4O4/c1-7-15(2)26-24(29)18-14-25-22(27-23(18)28-11-9-8-10-16(28)3)17-12-19(30-4)21(32-6)20(13-17)31-5/h12-16H,7-11H2,1-6H3,(H,26,29). The molecule has 32 heavy (non-hydrogen) atoms. The summed E-state index contributed by atoms with van der Waals surface area (Å²) in [6.07, 6.45) is 5.79. The topological polar surface area (TPSA) is 85.8 Å². The molecule has 1 aliphatic rings. The number of aromatic nitrogens is 2. The normalized spacial score (nSPS) is 16.9. The van der Waals surface area contributed by atoms with Crippen molar-refractivity contribution in [1.82, 2.24) is 15.3 Å². The Labute approximate surface area is 190 Å². The maximum Gasteiger partial charge on any atom is 0.256 e. The second kappa shape index (κ2) is 10.5. The lowest BCUT2D eigenvalue weighted by Crippen LogP contribution is -2.40. The minimum atomic E-state index is -0.149. The van der Waals surface area contributed by atoms with Gasteiger partial charge in [-0.1, -0.05) is 6.92 Å². The molecule has 0 radical (unpaired) electrons. The van der Waals surface area contributed by atoms with Crippen LogP contribution in [-0.2, 0) is 0 Å². The number of nitrogens with one attached hydrogen (secondary N) is 1. The minimum absolute atomic E-state index is 0.0731. The summed E-state index contributed by atoms with van der Waals surface area (Å²) in [5, 5.41) is 3.05. The molecule has 3 rings (SSSR count). The third-order valence-corrected chi connectivity index (χ3v) is 6.00. The van der Waals surface area contributed by atoms with Crippen LogP contribution in [0.4, 0.5) is 5.82 Å². The largest absolute Gasteiger partial charge is 0.493 e. The monoisotopic (exact) mass is 442 g/mol. The zero-order chi connectivity index (χ0) is 23.3. The third-order valence-electron chi connectivity index (χ3n) is 6.00. The molecule has 2 heterocycles. The number of methoxy groups -OCH3 is 3. The van der Waals surface area contributed by atoms with Crippen molar-refractivity contribution in [2.45, 2.75) is 58.5 Å². The molecule has 1 N–H and O–H groups in total. The van der Waals surface area contributed by atoms with Crippen molar-refractivity contribution in [3.05, 3.63) is 23.9 Å². The summed E-state index contributed by atoms with van der Waals surface area (Å²) in [6.45, 7) is 7.07. The molecule has 0 aliphatic carbocycles. The SMILES string of the molecule is CCC(C)NC(=O)c1cnc(-c2cc(OC)c(OC)c(OC)c2)nc1N1CCCCC1C. The number of amides is 1. The first-order chi connectivity index (χ1) is 15.4. The van der Waals surface area contributed by atoms with Crippen LogP contribution in [0, 0.1) is 0 Å². The van der Waals surface area contributed by atoms with Crippen LogP contribution in [0.15, 0.2) is 18.3 Å². The van der Waals surface area contributed by atoms with Gasteiger partial charge in [-0.15, -0.1) is 0 Å². The number of ether oxygens (including phenoxy) is 3. The van der Waals surface area contributed by atoms with E-state index in [9.17, 15) is 4.79 Å². The summed E-state index contributed by atoms with van der Waals surface area (Å²) in [6, 6.07) is 4.00. The van der Waals surface area contributed by atoms with Crippen molar-refractivity contribution in [2.24, 2.45) is 0 Å². The molecular formula is C24H34N4O4. The number of carbonyl (C=O) groups is 1. The number of benzene rings is 1. The average Bonchev–Trinajstić information content (AvgIpc) is 2.82. The van der Waals surface area contributed by atoms with Crippen LogP contribution in [0.2, 0.25) is 0 Å². The first-order valence-corrected chi connectivity index (χ1v) is 11.2. The fourth-order valence-electron chi connectivity index (χ4n) is 3.92. The summed E-state index contributed by atoms with van der Waals surface area (Å²) in [5.41, 5.74) is 1.22. The molecular weight excluding hydrogens is 408 g/mol. The van der Waals surface area contributed by atoms with Gasteiger partial charge in [0.1, 0.15) is 11.4 Å². The quantitative estimate of drug-likeness (QED) is 0.659. The highest BCUT2D eigenvalue weighted by Crippen LogP contribution is 2.41. The summed E-state index contributed by atoms with van der Waals surface area (Å²) >= 11 is 0. The zero-order valence-electron chi connectivity index (χ0n) is 19.9. The van der Waals surface area contributed by atoms with E-state index < -0.39 is 0 Å². The second-order valence-corrected chi connectivity index (χ2v) is 8.17. The van der Waals surface area contributed by atoms with Gasteiger partial charge in [0.15, 0.2) is 17.3 Å². The van der Waals surface area contributed by atoms with E-state index in [1.165, 1.54) is 6.42 Å². The van der Waals surface area contributed by atoms with Gasteiger partial charge in [-0.3, -0.25) is 4.79 Å². The maximum absolute atomic E-state index is 13.0. The van der Waals surface area contributed by atoms with E-state index in [1.807, 2.05) is 26.0 Å². The van der Waals surface area contributed by atoms with E-state index in [-0.39, 0.29) is 11.9 Å². The van der Waals surface area contributed by atoms with Crippen LogP contribution in [0.5, 0.6) is 17.2 Å². The van der Waals surface area contributed by atoms with Crippen molar-refractivity contribution in [3.8, 4) is 28.6 Å². The number of hydrogen-bond donors (Lipinski definition) is 1. The molecule has 2 unspecified atom stereocenters. The first kappa shape index (κ1) is 23.6. The smallest absolute Gasteiger partial charge is 0.256 e. The molecule has 1 saturated heterocycles. The lowest BCUT2D eigenvalue weighted by molar-refractivity contribution is 0.0939. The van der Waals surface area contributed by atoms with Gasteiger partial charge in [0, 0.05) is 30.4 Å². The average molecular weight is 443 g/mol. The highest BCUT2D eigenvalue weighted by atomic mass is 16.5. The molecule has 1 aromatic heterocycles.